The third-order valence-electron chi connectivity index (χ3n) is 3.67. The quantitative estimate of drug-likeness (QED) is 0.617. The average molecular weight is 288 g/mol. The molecular formula is C14H16N4O3. The Morgan fingerprint density at radius 1 is 1.33 bits per heavy atom. The number of nitriles is 1. The molecule has 0 aromatic heterocycles. The molecule has 7 nitrogen and oxygen atoms in total. The fourth-order valence-corrected chi connectivity index (χ4v) is 2.38. The zero-order valence-corrected chi connectivity index (χ0v) is 11.7. The van der Waals surface area contributed by atoms with Crippen molar-refractivity contribution < 1.29 is 9.72 Å². The molecule has 0 radical (unpaired) electrons. The zero-order chi connectivity index (χ0) is 15.4. The van der Waals surface area contributed by atoms with Crippen LogP contribution in [0.25, 0.3) is 0 Å². The van der Waals surface area contributed by atoms with Gasteiger partial charge in [0, 0.05) is 32.2 Å². The molecule has 1 aliphatic rings. The minimum atomic E-state index is -0.540. The van der Waals surface area contributed by atoms with Gasteiger partial charge >= 0.3 is 0 Å². The molecule has 1 fully saturated rings. The summed E-state index contributed by atoms with van der Waals surface area (Å²) in [4.78, 5) is 26.4. The molecule has 1 aromatic carbocycles. The van der Waals surface area contributed by atoms with Gasteiger partial charge in [0.25, 0.3) is 11.6 Å². The number of rotatable bonds is 3. The Labute approximate surface area is 122 Å². The highest BCUT2D eigenvalue weighted by Crippen LogP contribution is 2.20. The first kappa shape index (κ1) is 14.9. The van der Waals surface area contributed by atoms with Gasteiger partial charge in [0.05, 0.1) is 17.0 Å². The van der Waals surface area contributed by atoms with Crippen LogP contribution in [0.3, 0.4) is 0 Å². The highest BCUT2D eigenvalue weighted by atomic mass is 16.6. The summed E-state index contributed by atoms with van der Waals surface area (Å²) in [6, 6.07) is 7.95. The van der Waals surface area contributed by atoms with Crippen molar-refractivity contribution in [1.29, 1.82) is 5.26 Å². The third kappa shape index (κ3) is 3.17. The number of nitro groups is 1. The Morgan fingerprint density at radius 2 is 1.95 bits per heavy atom. The lowest BCUT2D eigenvalue weighted by atomic mass is 10.1. The fraction of sp³-hybridized carbons (Fsp3) is 0.429. The van der Waals surface area contributed by atoms with Crippen molar-refractivity contribution in [2.45, 2.75) is 13.0 Å². The molecule has 0 aliphatic carbocycles. The van der Waals surface area contributed by atoms with Crippen LogP contribution in [-0.4, -0.2) is 52.9 Å². The lowest BCUT2D eigenvalue weighted by molar-refractivity contribution is -0.385. The van der Waals surface area contributed by atoms with E-state index in [0.29, 0.717) is 26.2 Å². The van der Waals surface area contributed by atoms with Gasteiger partial charge in [-0.2, -0.15) is 5.26 Å². The summed E-state index contributed by atoms with van der Waals surface area (Å²) < 4.78 is 0. The first-order valence-electron chi connectivity index (χ1n) is 6.71. The number of hydrogen-bond donors (Lipinski definition) is 0. The van der Waals surface area contributed by atoms with Crippen LogP contribution in [0.15, 0.2) is 24.3 Å². The van der Waals surface area contributed by atoms with Crippen LogP contribution in [0.1, 0.15) is 17.3 Å². The van der Waals surface area contributed by atoms with Crippen LogP contribution >= 0.6 is 0 Å². The van der Waals surface area contributed by atoms with Crippen molar-refractivity contribution in [3.63, 3.8) is 0 Å². The van der Waals surface area contributed by atoms with E-state index in [-0.39, 0.29) is 23.2 Å². The maximum atomic E-state index is 12.4. The Kier molecular flexibility index (Phi) is 4.50. The predicted octanol–water partition coefficient (Wildman–Crippen LogP) is 1.26. The van der Waals surface area contributed by atoms with E-state index in [2.05, 4.69) is 6.07 Å². The van der Waals surface area contributed by atoms with Crippen molar-refractivity contribution in [2.24, 2.45) is 0 Å². The smallest absolute Gasteiger partial charge is 0.282 e. The number of para-hydroxylation sites is 1. The summed E-state index contributed by atoms with van der Waals surface area (Å²) in [5.41, 5.74) is -0.0559. The number of nitrogens with zero attached hydrogens (tertiary/aromatic N) is 4. The van der Waals surface area contributed by atoms with E-state index >= 15 is 0 Å². The highest BCUT2D eigenvalue weighted by molar-refractivity contribution is 5.98. The van der Waals surface area contributed by atoms with Gasteiger partial charge in [-0.15, -0.1) is 0 Å². The van der Waals surface area contributed by atoms with Gasteiger partial charge < -0.3 is 4.90 Å². The average Bonchev–Trinajstić information content (AvgIpc) is 2.53. The molecule has 0 spiro atoms. The number of nitro benzene ring substituents is 1. The summed E-state index contributed by atoms with van der Waals surface area (Å²) in [7, 11) is 0. The summed E-state index contributed by atoms with van der Waals surface area (Å²) in [6.45, 7) is 3.95. The maximum absolute atomic E-state index is 12.4. The molecule has 1 amide bonds. The van der Waals surface area contributed by atoms with E-state index in [1.165, 1.54) is 12.1 Å². The number of carbonyl (C=O) groups is 1. The van der Waals surface area contributed by atoms with E-state index in [1.807, 2.05) is 11.8 Å². The number of benzene rings is 1. The van der Waals surface area contributed by atoms with Crippen LogP contribution in [0.4, 0.5) is 5.69 Å². The summed E-state index contributed by atoms with van der Waals surface area (Å²) in [5.74, 6) is -0.327. The molecule has 2 rings (SSSR count). The molecule has 1 atom stereocenters. The van der Waals surface area contributed by atoms with E-state index in [9.17, 15) is 14.9 Å². The van der Waals surface area contributed by atoms with Gasteiger partial charge in [0.15, 0.2) is 0 Å². The molecule has 0 saturated carbocycles. The van der Waals surface area contributed by atoms with Crippen LogP contribution in [0.2, 0.25) is 0 Å². The monoisotopic (exact) mass is 288 g/mol. The standard InChI is InChI=1S/C14H16N4O3/c1-11(10-15)16-6-8-17(9-7-16)14(19)12-4-2-3-5-13(12)18(20)21/h2-5,11H,6-9H2,1H3. The van der Waals surface area contributed by atoms with Crippen molar-refractivity contribution in [3.05, 3.63) is 39.9 Å². The molecule has 7 heteroatoms. The molecule has 1 aromatic rings. The van der Waals surface area contributed by atoms with Crippen LogP contribution in [-0.2, 0) is 0 Å². The van der Waals surface area contributed by atoms with Crippen LogP contribution in [0.5, 0.6) is 0 Å². The second-order valence-corrected chi connectivity index (χ2v) is 4.91. The first-order chi connectivity index (χ1) is 10.0. The second-order valence-electron chi connectivity index (χ2n) is 4.91. The summed E-state index contributed by atoms with van der Waals surface area (Å²) >= 11 is 0. The van der Waals surface area contributed by atoms with Crippen molar-refractivity contribution in [2.75, 3.05) is 26.2 Å². The Morgan fingerprint density at radius 3 is 2.52 bits per heavy atom. The minimum absolute atomic E-state index is 0.115. The predicted molar refractivity (Wildman–Crippen MR) is 75.6 cm³/mol. The van der Waals surface area contributed by atoms with E-state index in [1.54, 1.807) is 17.0 Å². The largest absolute Gasteiger partial charge is 0.336 e. The minimum Gasteiger partial charge on any atom is -0.336 e. The normalized spacial score (nSPS) is 17.0. The van der Waals surface area contributed by atoms with Crippen LogP contribution < -0.4 is 0 Å². The zero-order valence-electron chi connectivity index (χ0n) is 11.7. The van der Waals surface area contributed by atoms with E-state index in [4.69, 9.17) is 5.26 Å². The molecule has 1 unspecified atom stereocenters. The van der Waals surface area contributed by atoms with Crippen molar-refractivity contribution in [1.82, 2.24) is 9.80 Å². The van der Waals surface area contributed by atoms with Gasteiger partial charge in [0.2, 0.25) is 0 Å². The SMILES string of the molecule is CC(C#N)N1CCN(C(=O)c2ccccc2[N+](=O)[O-])CC1. The van der Waals surface area contributed by atoms with Gasteiger partial charge in [-0.25, -0.2) is 0 Å². The van der Waals surface area contributed by atoms with Crippen molar-refractivity contribution >= 4 is 11.6 Å². The summed E-state index contributed by atoms with van der Waals surface area (Å²) in [5, 5.41) is 19.9. The lowest BCUT2D eigenvalue weighted by Crippen LogP contribution is -2.51. The van der Waals surface area contributed by atoms with Gasteiger partial charge in [-0.1, -0.05) is 12.1 Å². The molecule has 1 aliphatic heterocycles. The third-order valence-corrected chi connectivity index (χ3v) is 3.67. The number of hydrogen-bond acceptors (Lipinski definition) is 5. The topological polar surface area (TPSA) is 90.5 Å². The van der Waals surface area contributed by atoms with Gasteiger partial charge in [0.1, 0.15) is 5.56 Å². The first-order valence-corrected chi connectivity index (χ1v) is 6.71. The molecule has 0 bridgehead atoms. The maximum Gasteiger partial charge on any atom is 0.282 e. The van der Waals surface area contributed by atoms with Crippen molar-refractivity contribution in [3.8, 4) is 6.07 Å². The van der Waals surface area contributed by atoms with Crippen LogP contribution in [0, 0.1) is 21.4 Å². The summed E-state index contributed by atoms with van der Waals surface area (Å²) in [6.07, 6.45) is 0. The Hall–Kier alpha value is -2.46. The highest BCUT2D eigenvalue weighted by Gasteiger charge is 2.28. The Balaban J connectivity index is 2.10. The van der Waals surface area contributed by atoms with E-state index < -0.39 is 4.92 Å². The molecule has 1 heterocycles. The second kappa shape index (κ2) is 6.33. The fourth-order valence-electron chi connectivity index (χ4n) is 2.38. The van der Waals surface area contributed by atoms with E-state index in [0.717, 1.165) is 0 Å². The molecule has 1 saturated heterocycles. The molecule has 0 N–H and O–H groups in total. The molecule has 110 valence electrons. The molecule has 21 heavy (non-hydrogen) atoms. The lowest BCUT2D eigenvalue weighted by Gasteiger charge is -2.35. The Bertz CT molecular complexity index is 588. The van der Waals surface area contributed by atoms with Gasteiger partial charge in [-0.05, 0) is 13.0 Å². The number of carbonyl (C=O) groups excluding carboxylic acids is 1. The molecular weight excluding hydrogens is 272 g/mol. The number of amides is 1. The van der Waals surface area contributed by atoms with Gasteiger partial charge in [-0.3, -0.25) is 19.8 Å². The number of piperazine rings is 1.